The van der Waals surface area contributed by atoms with Gasteiger partial charge >= 0.3 is 18.4 Å². The lowest BCUT2D eigenvalue weighted by Crippen LogP contribution is -2.50. The van der Waals surface area contributed by atoms with Crippen LogP contribution in [-0.4, -0.2) is 48.6 Å². The van der Waals surface area contributed by atoms with Gasteiger partial charge < -0.3 is 14.4 Å². The van der Waals surface area contributed by atoms with Gasteiger partial charge in [0.05, 0.1) is 11.6 Å². The first kappa shape index (κ1) is 24.2. The average molecular weight is 472 g/mol. The van der Waals surface area contributed by atoms with Crippen molar-refractivity contribution < 1.29 is 40.6 Å². The molecule has 0 saturated carbocycles. The summed E-state index contributed by atoms with van der Waals surface area (Å²) in [6.45, 7) is -0.212. The maximum atomic E-state index is 12.6. The zero-order valence-corrected chi connectivity index (χ0v) is 17.0. The molecule has 1 aliphatic rings. The van der Waals surface area contributed by atoms with Gasteiger partial charge in [-0.1, -0.05) is 24.3 Å². The number of piperidine rings is 1. The van der Waals surface area contributed by atoms with Crippen LogP contribution < -0.4 is 4.74 Å². The molecule has 0 radical (unpaired) electrons. The van der Waals surface area contributed by atoms with Gasteiger partial charge in [-0.25, -0.2) is 4.79 Å². The van der Waals surface area contributed by atoms with E-state index in [9.17, 15) is 31.1 Å². The number of likely N-dealkylation sites (tertiary alicyclic amines) is 1. The fourth-order valence-corrected chi connectivity index (χ4v) is 3.34. The van der Waals surface area contributed by atoms with Crippen molar-refractivity contribution in [2.24, 2.45) is 0 Å². The molecule has 33 heavy (non-hydrogen) atoms. The summed E-state index contributed by atoms with van der Waals surface area (Å²) in [5, 5.41) is 9.00. The van der Waals surface area contributed by atoms with E-state index in [2.05, 4.69) is 10.8 Å². The van der Waals surface area contributed by atoms with Crippen molar-refractivity contribution in [3.63, 3.8) is 0 Å². The summed E-state index contributed by atoms with van der Waals surface area (Å²) in [7, 11) is 0. The van der Waals surface area contributed by atoms with E-state index in [4.69, 9.17) is 10.00 Å². The molecule has 0 N–H and O–H groups in total. The number of nitrogens with zero attached hydrogens (tertiary/aromatic N) is 2. The van der Waals surface area contributed by atoms with Gasteiger partial charge in [-0.3, -0.25) is 0 Å². The molecule has 0 spiro atoms. The van der Waals surface area contributed by atoms with E-state index < -0.39 is 24.5 Å². The van der Waals surface area contributed by atoms with Crippen LogP contribution in [-0.2, 0) is 4.74 Å². The molecule has 0 bridgehead atoms. The standard InChI is InChI=1S/C22H18F6N2O3/c23-21(24,25)19(22(26,27)28)33-20(31)30-10-8-18(9-11-30)32-17-6-4-15(5-7-17)16-3-1-2-14(12-16)13-29/h1-7,12,18-19H,8-11H2. The molecule has 5 nitrogen and oxygen atoms in total. The van der Waals surface area contributed by atoms with Crippen molar-refractivity contribution >= 4 is 6.09 Å². The van der Waals surface area contributed by atoms with E-state index >= 15 is 0 Å². The minimum absolute atomic E-state index is 0.106. The second-order valence-electron chi connectivity index (χ2n) is 7.37. The van der Waals surface area contributed by atoms with Gasteiger partial charge in [-0.2, -0.15) is 31.6 Å². The number of ether oxygens (including phenoxy) is 2. The predicted molar refractivity (Wildman–Crippen MR) is 104 cm³/mol. The molecular formula is C22H18F6N2O3. The number of alkyl halides is 6. The summed E-state index contributed by atoms with van der Waals surface area (Å²) >= 11 is 0. The molecule has 11 heteroatoms. The molecule has 3 rings (SSSR count). The second kappa shape index (κ2) is 9.60. The zero-order chi connectivity index (χ0) is 24.2. The van der Waals surface area contributed by atoms with Gasteiger partial charge in [0.25, 0.3) is 6.10 Å². The summed E-state index contributed by atoms with van der Waals surface area (Å²) in [6.07, 6.45) is -17.3. The molecule has 1 saturated heterocycles. The topological polar surface area (TPSA) is 62.6 Å². The Morgan fingerprint density at radius 3 is 2.12 bits per heavy atom. The van der Waals surface area contributed by atoms with Gasteiger partial charge in [0.2, 0.25) is 0 Å². The minimum atomic E-state index is -5.75. The number of nitriles is 1. The number of carbonyl (C=O) groups is 1. The zero-order valence-electron chi connectivity index (χ0n) is 17.0. The van der Waals surface area contributed by atoms with Crippen LogP contribution in [0.5, 0.6) is 5.75 Å². The minimum Gasteiger partial charge on any atom is -0.490 e. The van der Waals surface area contributed by atoms with Gasteiger partial charge in [0.15, 0.2) is 0 Å². The fraction of sp³-hybridized carbons (Fsp3) is 0.364. The smallest absolute Gasteiger partial charge is 0.434 e. The molecule has 1 aliphatic heterocycles. The highest BCUT2D eigenvalue weighted by molar-refractivity contribution is 5.68. The van der Waals surface area contributed by atoms with Crippen LogP contribution >= 0.6 is 0 Å². The van der Waals surface area contributed by atoms with Gasteiger partial charge in [-0.15, -0.1) is 0 Å². The van der Waals surface area contributed by atoms with Crippen molar-refractivity contribution in [1.29, 1.82) is 5.26 Å². The van der Waals surface area contributed by atoms with Crippen LogP contribution in [0.2, 0.25) is 0 Å². The van der Waals surface area contributed by atoms with E-state index in [-0.39, 0.29) is 32.0 Å². The largest absolute Gasteiger partial charge is 0.490 e. The first-order chi connectivity index (χ1) is 15.5. The Balaban J connectivity index is 1.54. The van der Waals surface area contributed by atoms with Crippen LogP contribution in [0.15, 0.2) is 48.5 Å². The monoisotopic (exact) mass is 472 g/mol. The number of benzene rings is 2. The first-order valence-electron chi connectivity index (χ1n) is 9.83. The molecule has 1 amide bonds. The lowest BCUT2D eigenvalue weighted by Gasteiger charge is -2.33. The Morgan fingerprint density at radius 2 is 1.58 bits per heavy atom. The fourth-order valence-electron chi connectivity index (χ4n) is 3.34. The highest BCUT2D eigenvalue weighted by Crippen LogP contribution is 2.36. The molecule has 0 atom stereocenters. The van der Waals surface area contributed by atoms with Crippen molar-refractivity contribution in [3.8, 4) is 22.9 Å². The predicted octanol–water partition coefficient (Wildman–Crippen LogP) is 5.70. The number of carbonyl (C=O) groups excluding carboxylic acids is 1. The van der Waals surface area contributed by atoms with E-state index in [1.165, 1.54) is 0 Å². The lowest BCUT2D eigenvalue weighted by atomic mass is 10.0. The number of rotatable bonds is 4. The number of hydrogen-bond donors (Lipinski definition) is 0. The van der Waals surface area contributed by atoms with E-state index in [0.29, 0.717) is 11.3 Å². The molecule has 0 aromatic heterocycles. The molecule has 1 fully saturated rings. The Morgan fingerprint density at radius 1 is 0.970 bits per heavy atom. The SMILES string of the molecule is N#Cc1cccc(-c2ccc(OC3CCN(C(=O)OC(C(F)(F)F)C(F)(F)F)CC3)cc2)c1. The maximum absolute atomic E-state index is 12.6. The van der Waals surface area contributed by atoms with Crippen molar-refractivity contribution in [2.75, 3.05) is 13.1 Å². The van der Waals surface area contributed by atoms with Crippen LogP contribution in [0.1, 0.15) is 18.4 Å². The summed E-state index contributed by atoms with van der Waals surface area (Å²) in [5.74, 6) is 0.519. The Bertz CT molecular complexity index is 993. The summed E-state index contributed by atoms with van der Waals surface area (Å²) in [5.41, 5.74) is 2.24. The van der Waals surface area contributed by atoms with Gasteiger partial charge in [0, 0.05) is 25.9 Å². The van der Waals surface area contributed by atoms with Crippen molar-refractivity contribution in [1.82, 2.24) is 4.90 Å². The van der Waals surface area contributed by atoms with Crippen LogP contribution in [0.3, 0.4) is 0 Å². The van der Waals surface area contributed by atoms with Gasteiger partial charge in [0.1, 0.15) is 11.9 Å². The lowest BCUT2D eigenvalue weighted by molar-refractivity contribution is -0.308. The molecule has 1 heterocycles. The highest BCUT2D eigenvalue weighted by Gasteiger charge is 2.60. The summed E-state index contributed by atoms with van der Waals surface area (Å²) in [4.78, 5) is 12.6. The molecule has 176 valence electrons. The van der Waals surface area contributed by atoms with E-state index in [1.807, 2.05) is 6.07 Å². The number of amides is 1. The quantitative estimate of drug-likeness (QED) is 0.536. The average Bonchev–Trinajstić information content (AvgIpc) is 2.77. The third kappa shape index (κ3) is 6.31. The highest BCUT2D eigenvalue weighted by atomic mass is 19.4. The van der Waals surface area contributed by atoms with Crippen molar-refractivity contribution in [2.45, 2.75) is 37.4 Å². The molecule has 0 aliphatic carbocycles. The van der Waals surface area contributed by atoms with Crippen LogP contribution in [0.4, 0.5) is 31.1 Å². The normalized spacial score (nSPS) is 15.3. The van der Waals surface area contributed by atoms with Crippen molar-refractivity contribution in [3.05, 3.63) is 54.1 Å². The van der Waals surface area contributed by atoms with Gasteiger partial charge in [-0.05, 0) is 35.4 Å². The molecule has 0 unspecified atom stereocenters. The summed E-state index contributed by atoms with van der Waals surface area (Å²) in [6, 6.07) is 16.1. The first-order valence-corrected chi connectivity index (χ1v) is 9.83. The summed E-state index contributed by atoms with van der Waals surface area (Å²) < 4.78 is 85.0. The molecular weight excluding hydrogens is 454 g/mol. The van der Waals surface area contributed by atoms with E-state index in [1.54, 1.807) is 42.5 Å². The second-order valence-corrected chi connectivity index (χ2v) is 7.37. The van der Waals surface area contributed by atoms with Crippen LogP contribution in [0, 0.1) is 11.3 Å². The third-order valence-corrected chi connectivity index (χ3v) is 5.00. The Labute approximate surface area is 185 Å². The molecule has 2 aromatic carbocycles. The third-order valence-electron chi connectivity index (χ3n) is 5.00. The molecule has 2 aromatic rings. The Hall–Kier alpha value is -3.42. The Kier molecular flexibility index (Phi) is 7.05. The van der Waals surface area contributed by atoms with E-state index in [0.717, 1.165) is 16.0 Å². The van der Waals surface area contributed by atoms with Crippen LogP contribution in [0.25, 0.3) is 11.1 Å². The number of hydrogen-bond acceptors (Lipinski definition) is 4. The maximum Gasteiger partial charge on any atom is 0.434 e. The number of halogens is 6.